The Morgan fingerprint density at radius 2 is 1.92 bits per heavy atom. The molecule has 2 aromatic rings. The lowest BCUT2D eigenvalue weighted by Crippen LogP contribution is -2.42. The molecule has 1 saturated carbocycles. The van der Waals surface area contributed by atoms with E-state index in [1.54, 1.807) is 12.1 Å². The Hall–Kier alpha value is -2.56. The number of urea groups is 1. The minimum atomic E-state index is -0.264. The summed E-state index contributed by atoms with van der Waals surface area (Å²) < 4.78 is 18.7. The standard InChI is InChI=1S/C20H23FN2O2/c1-15-4-2-3-5-19(15)25-13-12-22-20(24)23(18-10-11-18)14-16-6-8-17(21)9-7-16/h2-9,18H,10-14H2,1H3,(H,22,24). The highest BCUT2D eigenvalue weighted by Gasteiger charge is 2.32. The first kappa shape index (κ1) is 17.3. The van der Waals surface area contributed by atoms with Crippen LogP contribution in [0.4, 0.5) is 9.18 Å². The van der Waals surface area contributed by atoms with Crippen molar-refractivity contribution in [1.29, 1.82) is 0 Å². The van der Waals surface area contributed by atoms with E-state index in [2.05, 4.69) is 5.32 Å². The number of hydrogen-bond acceptors (Lipinski definition) is 2. The summed E-state index contributed by atoms with van der Waals surface area (Å²) in [7, 11) is 0. The lowest BCUT2D eigenvalue weighted by atomic mass is 10.2. The number of nitrogens with one attached hydrogen (secondary N) is 1. The number of carbonyl (C=O) groups excluding carboxylic acids is 1. The molecule has 0 spiro atoms. The maximum Gasteiger partial charge on any atom is 0.318 e. The van der Waals surface area contributed by atoms with Crippen LogP contribution >= 0.6 is 0 Å². The van der Waals surface area contributed by atoms with Crippen molar-refractivity contribution in [2.45, 2.75) is 32.4 Å². The smallest absolute Gasteiger partial charge is 0.318 e. The molecule has 2 aromatic carbocycles. The molecule has 4 nitrogen and oxygen atoms in total. The number of para-hydroxylation sites is 1. The van der Waals surface area contributed by atoms with Crippen LogP contribution in [0.25, 0.3) is 0 Å². The Kier molecular flexibility index (Phi) is 5.53. The number of benzene rings is 2. The second-order valence-electron chi connectivity index (χ2n) is 6.33. The fourth-order valence-corrected chi connectivity index (χ4v) is 2.68. The summed E-state index contributed by atoms with van der Waals surface area (Å²) in [4.78, 5) is 14.3. The largest absolute Gasteiger partial charge is 0.491 e. The van der Waals surface area contributed by atoms with Crippen LogP contribution in [0, 0.1) is 12.7 Å². The van der Waals surface area contributed by atoms with Gasteiger partial charge in [-0.1, -0.05) is 30.3 Å². The third kappa shape index (κ3) is 4.95. The topological polar surface area (TPSA) is 41.6 Å². The highest BCUT2D eigenvalue weighted by Crippen LogP contribution is 2.28. The van der Waals surface area contributed by atoms with Gasteiger partial charge in [0, 0.05) is 12.6 Å². The fourth-order valence-electron chi connectivity index (χ4n) is 2.68. The van der Waals surface area contributed by atoms with Crippen LogP contribution < -0.4 is 10.1 Å². The Labute approximate surface area is 147 Å². The Morgan fingerprint density at radius 3 is 2.60 bits per heavy atom. The minimum absolute atomic E-state index is 0.0970. The molecule has 0 aromatic heterocycles. The fraction of sp³-hybridized carbons (Fsp3) is 0.350. The first-order valence-electron chi connectivity index (χ1n) is 8.61. The van der Waals surface area contributed by atoms with E-state index in [1.807, 2.05) is 36.1 Å². The highest BCUT2D eigenvalue weighted by atomic mass is 19.1. The average molecular weight is 342 g/mol. The maximum atomic E-state index is 13.0. The minimum Gasteiger partial charge on any atom is -0.491 e. The van der Waals surface area contributed by atoms with E-state index in [0.29, 0.717) is 19.7 Å². The molecule has 3 rings (SSSR count). The molecule has 1 aliphatic carbocycles. The highest BCUT2D eigenvalue weighted by molar-refractivity contribution is 5.74. The molecule has 1 N–H and O–H groups in total. The van der Waals surface area contributed by atoms with Crippen molar-refractivity contribution in [2.75, 3.05) is 13.2 Å². The number of amides is 2. The van der Waals surface area contributed by atoms with Crippen LogP contribution in [0.5, 0.6) is 5.75 Å². The molecule has 0 radical (unpaired) electrons. The molecule has 0 unspecified atom stereocenters. The zero-order chi connectivity index (χ0) is 17.6. The molecule has 0 bridgehead atoms. The first-order valence-corrected chi connectivity index (χ1v) is 8.61. The number of ether oxygens (including phenoxy) is 1. The predicted molar refractivity (Wildman–Crippen MR) is 95.0 cm³/mol. The zero-order valence-corrected chi connectivity index (χ0v) is 14.4. The van der Waals surface area contributed by atoms with Gasteiger partial charge in [-0.25, -0.2) is 9.18 Å². The van der Waals surface area contributed by atoms with Gasteiger partial charge >= 0.3 is 6.03 Å². The molecule has 0 saturated heterocycles. The molecule has 25 heavy (non-hydrogen) atoms. The van der Waals surface area contributed by atoms with Crippen molar-refractivity contribution in [3.8, 4) is 5.75 Å². The molecule has 1 aliphatic rings. The molecule has 1 fully saturated rings. The summed E-state index contributed by atoms with van der Waals surface area (Å²) in [5.74, 6) is 0.571. The summed E-state index contributed by atoms with van der Waals surface area (Å²) in [5.41, 5.74) is 2.00. The molecule has 0 atom stereocenters. The van der Waals surface area contributed by atoms with E-state index in [9.17, 15) is 9.18 Å². The van der Waals surface area contributed by atoms with E-state index in [1.165, 1.54) is 12.1 Å². The third-order valence-electron chi connectivity index (χ3n) is 4.24. The summed E-state index contributed by atoms with van der Waals surface area (Å²) in [6.07, 6.45) is 2.04. The van der Waals surface area contributed by atoms with Crippen LogP contribution in [-0.4, -0.2) is 30.1 Å². The van der Waals surface area contributed by atoms with Gasteiger partial charge in [0.1, 0.15) is 18.2 Å². The number of hydrogen-bond donors (Lipinski definition) is 1. The Bertz CT molecular complexity index is 714. The van der Waals surface area contributed by atoms with Gasteiger partial charge in [-0.05, 0) is 49.1 Å². The summed E-state index contributed by atoms with van der Waals surface area (Å²) >= 11 is 0. The number of aryl methyl sites for hydroxylation is 1. The van der Waals surface area contributed by atoms with Crippen molar-refractivity contribution in [3.63, 3.8) is 0 Å². The normalized spacial score (nSPS) is 13.4. The first-order chi connectivity index (χ1) is 12.1. The molecule has 5 heteroatoms. The second kappa shape index (κ2) is 8.01. The van der Waals surface area contributed by atoms with Crippen LogP contribution in [0.2, 0.25) is 0 Å². The molecular weight excluding hydrogens is 319 g/mol. The SMILES string of the molecule is Cc1ccccc1OCCNC(=O)N(Cc1ccc(F)cc1)C1CC1. The molecule has 132 valence electrons. The number of halogens is 1. The lowest BCUT2D eigenvalue weighted by Gasteiger charge is -2.23. The van der Waals surface area contributed by atoms with Crippen LogP contribution in [-0.2, 0) is 6.54 Å². The molecular formula is C20H23FN2O2. The Morgan fingerprint density at radius 1 is 1.20 bits per heavy atom. The van der Waals surface area contributed by atoms with E-state index in [-0.39, 0.29) is 17.9 Å². The second-order valence-corrected chi connectivity index (χ2v) is 6.33. The average Bonchev–Trinajstić information content (AvgIpc) is 3.44. The third-order valence-corrected chi connectivity index (χ3v) is 4.24. The van der Waals surface area contributed by atoms with E-state index < -0.39 is 0 Å². The van der Waals surface area contributed by atoms with Gasteiger partial charge < -0.3 is 15.0 Å². The van der Waals surface area contributed by atoms with Crippen LogP contribution in [0.15, 0.2) is 48.5 Å². The Balaban J connectivity index is 1.48. The van der Waals surface area contributed by atoms with Gasteiger partial charge in [-0.2, -0.15) is 0 Å². The maximum absolute atomic E-state index is 13.0. The molecule has 0 aliphatic heterocycles. The number of rotatable bonds is 7. The van der Waals surface area contributed by atoms with Crippen LogP contribution in [0.1, 0.15) is 24.0 Å². The molecule has 2 amide bonds. The van der Waals surface area contributed by atoms with Crippen molar-refractivity contribution in [2.24, 2.45) is 0 Å². The van der Waals surface area contributed by atoms with Gasteiger partial charge in [0.2, 0.25) is 0 Å². The van der Waals surface area contributed by atoms with Crippen molar-refractivity contribution in [1.82, 2.24) is 10.2 Å². The molecule has 0 heterocycles. The van der Waals surface area contributed by atoms with Crippen molar-refractivity contribution >= 4 is 6.03 Å². The lowest BCUT2D eigenvalue weighted by molar-refractivity contribution is 0.189. The van der Waals surface area contributed by atoms with Gasteiger partial charge in [0.15, 0.2) is 0 Å². The van der Waals surface area contributed by atoms with Gasteiger partial charge in [0.25, 0.3) is 0 Å². The van der Waals surface area contributed by atoms with Crippen molar-refractivity contribution < 1.29 is 13.9 Å². The number of nitrogens with zero attached hydrogens (tertiary/aromatic N) is 1. The van der Waals surface area contributed by atoms with E-state index >= 15 is 0 Å². The number of carbonyl (C=O) groups is 1. The monoisotopic (exact) mass is 342 g/mol. The van der Waals surface area contributed by atoms with Gasteiger partial charge in [0.05, 0.1) is 6.54 Å². The summed E-state index contributed by atoms with van der Waals surface area (Å²) in [6.45, 7) is 3.35. The summed E-state index contributed by atoms with van der Waals surface area (Å²) in [5, 5.41) is 2.91. The van der Waals surface area contributed by atoms with Gasteiger partial charge in [-0.15, -0.1) is 0 Å². The van der Waals surface area contributed by atoms with Crippen LogP contribution in [0.3, 0.4) is 0 Å². The van der Waals surface area contributed by atoms with E-state index in [4.69, 9.17) is 4.74 Å². The quantitative estimate of drug-likeness (QED) is 0.776. The van der Waals surface area contributed by atoms with E-state index in [0.717, 1.165) is 29.7 Å². The zero-order valence-electron chi connectivity index (χ0n) is 14.4. The summed E-state index contributed by atoms with van der Waals surface area (Å²) in [6, 6.07) is 14.3. The predicted octanol–water partition coefficient (Wildman–Crippen LogP) is 3.89. The van der Waals surface area contributed by atoms with Gasteiger partial charge in [-0.3, -0.25) is 0 Å². The van der Waals surface area contributed by atoms with Crippen molar-refractivity contribution in [3.05, 3.63) is 65.5 Å².